The molecule has 2 rings (SSSR count). The third-order valence-electron chi connectivity index (χ3n) is 3.00. The molecule has 1 saturated heterocycles. The molecule has 0 bridgehead atoms. The SMILES string of the molecule is CCN(C(=O)Cn1cnnn1)C1CCS(=O)(=O)C1. The van der Waals surface area contributed by atoms with Crippen molar-refractivity contribution in [1.82, 2.24) is 25.1 Å². The maximum atomic E-state index is 12.1. The first-order chi connectivity index (χ1) is 8.52. The molecule has 1 aromatic rings. The first-order valence-electron chi connectivity index (χ1n) is 5.72. The maximum Gasteiger partial charge on any atom is 0.244 e. The second-order valence-electron chi connectivity index (χ2n) is 4.24. The van der Waals surface area contributed by atoms with Gasteiger partial charge in [-0.1, -0.05) is 0 Å². The maximum absolute atomic E-state index is 12.1. The van der Waals surface area contributed by atoms with E-state index in [1.165, 1.54) is 11.0 Å². The Balaban J connectivity index is 2.03. The van der Waals surface area contributed by atoms with Crippen LogP contribution in [0.15, 0.2) is 6.33 Å². The number of sulfone groups is 1. The van der Waals surface area contributed by atoms with E-state index in [9.17, 15) is 13.2 Å². The Morgan fingerprint density at radius 1 is 1.56 bits per heavy atom. The number of likely N-dealkylation sites (N-methyl/N-ethyl adjacent to an activating group) is 1. The molecule has 1 amide bonds. The Labute approximate surface area is 105 Å². The van der Waals surface area contributed by atoms with Crippen LogP contribution in [-0.4, -0.2) is 63.5 Å². The van der Waals surface area contributed by atoms with Crippen LogP contribution in [0.1, 0.15) is 13.3 Å². The van der Waals surface area contributed by atoms with Crippen molar-refractivity contribution >= 4 is 15.7 Å². The lowest BCUT2D eigenvalue weighted by Crippen LogP contribution is -2.42. The predicted octanol–water partition coefficient (Wildman–Crippen LogP) is -1.29. The Hall–Kier alpha value is -1.51. The van der Waals surface area contributed by atoms with E-state index in [-0.39, 0.29) is 30.0 Å². The van der Waals surface area contributed by atoms with E-state index >= 15 is 0 Å². The van der Waals surface area contributed by atoms with Crippen LogP contribution in [0.4, 0.5) is 0 Å². The van der Waals surface area contributed by atoms with Gasteiger partial charge in [0.15, 0.2) is 9.84 Å². The highest BCUT2D eigenvalue weighted by Crippen LogP contribution is 2.17. The molecule has 1 atom stereocenters. The van der Waals surface area contributed by atoms with Crippen LogP contribution in [0, 0.1) is 0 Å². The van der Waals surface area contributed by atoms with Crippen molar-refractivity contribution in [3.05, 3.63) is 6.33 Å². The van der Waals surface area contributed by atoms with Crippen molar-refractivity contribution in [2.45, 2.75) is 25.9 Å². The van der Waals surface area contributed by atoms with Crippen LogP contribution >= 0.6 is 0 Å². The van der Waals surface area contributed by atoms with Crippen molar-refractivity contribution in [1.29, 1.82) is 0 Å². The van der Waals surface area contributed by atoms with E-state index in [1.807, 2.05) is 6.92 Å². The summed E-state index contributed by atoms with van der Waals surface area (Å²) in [5.41, 5.74) is 0. The monoisotopic (exact) mass is 273 g/mol. The smallest absolute Gasteiger partial charge is 0.244 e. The summed E-state index contributed by atoms with van der Waals surface area (Å²) in [6, 6.07) is -0.219. The number of carbonyl (C=O) groups excluding carboxylic acids is 1. The van der Waals surface area contributed by atoms with E-state index in [1.54, 1.807) is 4.90 Å². The lowest BCUT2D eigenvalue weighted by Gasteiger charge is -2.26. The number of amides is 1. The van der Waals surface area contributed by atoms with E-state index in [0.29, 0.717) is 13.0 Å². The van der Waals surface area contributed by atoms with Crippen LogP contribution in [0.3, 0.4) is 0 Å². The highest BCUT2D eigenvalue weighted by molar-refractivity contribution is 7.91. The van der Waals surface area contributed by atoms with Crippen molar-refractivity contribution < 1.29 is 13.2 Å². The second-order valence-corrected chi connectivity index (χ2v) is 6.47. The molecular weight excluding hydrogens is 258 g/mol. The molecule has 0 aromatic carbocycles. The topological polar surface area (TPSA) is 98.1 Å². The van der Waals surface area contributed by atoms with Gasteiger partial charge in [-0.3, -0.25) is 4.79 Å². The number of rotatable bonds is 4. The van der Waals surface area contributed by atoms with Gasteiger partial charge in [0, 0.05) is 12.6 Å². The summed E-state index contributed by atoms with van der Waals surface area (Å²) < 4.78 is 24.2. The van der Waals surface area contributed by atoms with E-state index < -0.39 is 9.84 Å². The van der Waals surface area contributed by atoms with E-state index in [4.69, 9.17) is 0 Å². The third-order valence-corrected chi connectivity index (χ3v) is 4.75. The van der Waals surface area contributed by atoms with Crippen LogP contribution in [0.2, 0.25) is 0 Å². The number of aromatic nitrogens is 4. The molecule has 18 heavy (non-hydrogen) atoms. The summed E-state index contributed by atoms with van der Waals surface area (Å²) in [6.07, 6.45) is 1.87. The van der Waals surface area contributed by atoms with Gasteiger partial charge in [0.2, 0.25) is 5.91 Å². The molecule has 0 N–H and O–H groups in total. The number of tetrazole rings is 1. The minimum absolute atomic E-state index is 0.0391. The summed E-state index contributed by atoms with van der Waals surface area (Å²) >= 11 is 0. The minimum atomic E-state index is -2.99. The second kappa shape index (κ2) is 5.01. The molecule has 100 valence electrons. The first kappa shape index (κ1) is 12.9. The molecule has 1 aliphatic rings. The van der Waals surface area contributed by atoms with Gasteiger partial charge >= 0.3 is 0 Å². The molecule has 8 nitrogen and oxygen atoms in total. The number of hydrogen-bond donors (Lipinski definition) is 0. The summed E-state index contributed by atoms with van der Waals surface area (Å²) in [4.78, 5) is 13.6. The molecule has 1 aromatic heterocycles. The summed E-state index contributed by atoms with van der Waals surface area (Å²) in [5.74, 6) is 0.0565. The predicted molar refractivity (Wildman–Crippen MR) is 62.3 cm³/mol. The first-order valence-corrected chi connectivity index (χ1v) is 7.54. The molecule has 1 aliphatic heterocycles. The Morgan fingerprint density at radius 3 is 2.83 bits per heavy atom. The van der Waals surface area contributed by atoms with Crippen LogP contribution < -0.4 is 0 Å². The van der Waals surface area contributed by atoms with Gasteiger partial charge in [0.25, 0.3) is 0 Å². The van der Waals surface area contributed by atoms with Gasteiger partial charge in [-0.2, -0.15) is 0 Å². The lowest BCUT2D eigenvalue weighted by molar-refractivity contribution is -0.133. The fourth-order valence-corrected chi connectivity index (χ4v) is 3.87. The largest absolute Gasteiger partial charge is 0.337 e. The van der Waals surface area contributed by atoms with Crippen molar-refractivity contribution in [3.63, 3.8) is 0 Å². The molecule has 1 fully saturated rings. The van der Waals surface area contributed by atoms with Crippen LogP contribution in [0.5, 0.6) is 0 Å². The van der Waals surface area contributed by atoms with Crippen LogP contribution in [0.25, 0.3) is 0 Å². The van der Waals surface area contributed by atoms with Gasteiger partial charge in [-0.25, -0.2) is 13.1 Å². The van der Waals surface area contributed by atoms with Gasteiger partial charge in [0.1, 0.15) is 12.9 Å². The van der Waals surface area contributed by atoms with Gasteiger partial charge in [0.05, 0.1) is 11.5 Å². The molecule has 9 heteroatoms. The van der Waals surface area contributed by atoms with Crippen LogP contribution in [-0.2, 0) is 21.2 Å². The van der Waals surface area contributed by atoms with E-state index in [0.717, 1.165) is 0 Å². The normalized spacial score (nSPS) is 21.9. The summed E-state index contributed by atoms with van der Waals surface area (Å²) in [6.45, 7) is 2.36. The van der Waals surface area contributed by atoms with Crippen molar-refractivity contribution in [2.24, 2.45) is 0 Å². The Bertz CT molecular complexity index is 512. The minimum Gasteiger partial charge on any atom is -0.337 e. The molecule has 1 unspecified atom stereocenters. The zero-order valence-corrected chi connectivity index (χ0v) is 10.9. The standard InChI is InChI=1S/C9H15N5O3S/c1-2-14(8-3-4-18(16,17)6-8)9(15)5-13-7-10-11-12-13/h7-8H,2-6H2,1H3. The fraction of sp³-hybridized carbons (Fsp3) is 0.778. The number of carbonyl (C=O) groups is 1. The zero-order valence-electron chi connectivity index (χ0n) is 10.1. The fourth-order valence-electron chi connectivity index (χ4n) is 2.14. The lowest BCUT2D eigenvalue weighted by atomic mass is 10.2. The highest BCUT2D eigenvalue weighted by atomic mass is 32.2. The van der Waals surface area contributed by atoms with Crippen molar-refractivity contribution in [3.8, 4) is 0 Å². The van der Waals surface area contributed by atoms with Gasteiger partial charge in [-0.05, 0) is 23.8 Å². The van der Waals surface area contributed by atoms with Gasteiger partial charge < -0.3 is 4.90 Å². The number of nitrogens with zero attached hydrogens (tertiary/aromatic N) is 5. The van der Waals surface area contributed by atoms with E-state index in [2.05, 4.69) is 15.5 Å². The molecule has 0 saturated carbocycles. The quantitative estimate of drug-likeness (QED) is 0.677. The van der Waals surface area contributed by atoms with Gasteiger partial charge in [-0.15, -0.1) is 5.10 Å². The Morgan fingerprint density at radius 2 is 2.33 bits per heavy atom. The average Bonchev–Trinajstić information content (AvgIpc) is 2.89. The third kappa shape index (κ3) is 2.84. The average molecular weight is 273 g/mol. The molecule has 0 radical (unpaired) electrons. The molecule has 2 heterocycles. The molecular formula is C9H15N5O3S. The summed E-state index contributed by atoms with van der Waals surface area (Å²) in [7, 11) is -2.99. The zero-order chi connectivity index (χ0) is 13.2. The van der Waals surface area contributed by atoms with Crippen molar-refractivity contribution in [2.75, 3.05) is 18.1 Å². The molecule has 0 aliphatic carbocycles. The number of hydrogen-bond acceptors (Lipinski definition) is 6. The Kier molecular flexibility index (Phi) is 3.60. The highest BCUT2D eigenvalue weighted by Gasteiger charge is 2.33. The summed E-state index contributed by atoms with van der Waals surface area (Å²) in [5, 5.41) is 10.5. The molecule has 0 spiro atoms.